The number of allylic oxidation sites excluding steroid dienone is 1. The predicted octanol–water partition coefficient (Wildman–Crippen LogP) is 4.94. The number of rotatable bonds is 3. The van der Waals surface area contributed by atoms with Crippen LogP contribution in [0.15, 0.2) is 12.7 Å². The van der Waals surface area contributed by atoms with Crippen LogP contribution in [0.3, 0.4) is 0 Å². The van der Waals surface area contributed by atoms with Gasteiger partial charge >= 0.3 is 81.3 Å². The number of hydrogen-bond donors (Lipinski definition) is 0. The molecule has 0 bridgehead atoms. The Morgan fingerprint density at radius 1 is 1.40 bits per heavy atom. The number of hydrogen-bond acceptors (Lipinski definition) is 0. The van der Waals surface area contributed by atoms with Crippen molar-refractivity contribution >= 4 is 24.0 Å². The third-order valence-electron chi connectivity index (χ3n) is 2.46. The van der Waals surface area contributed by atoms with Crippen molar-refractivity contribution in [3.8, 4) is 0 Å². The number of halogens is 2. The van der Waals surface area contributed by atoms with Gasteiger partial charge in [0.1, 0.15) is 0 Å². The molecule has 0 spiro atoms. The van der Waals surface area contributed by atoms with E-state index in [1.165, 1.54) is 25.7 Å². The van der Waals surface area contributed by atoms with Crippen molar-refractivity contribution < 1.29 is 13.5 Å². The van der Waals surface area contributed by atoms with Crippen LogP contribution in [0.1, 0.15) is 39.0 Å². The van der Waals surface area contributed by atoms with E-state index in [2.05, 4.69) is 25.0 Å². The first-order valence-corrected chi connectivity index (χ1v) is 10.9. The van der Waals surface area contributed by atoms with Gasteiger partial charge in [0.25, 0.3) is 0 Å². The molecule has 2 atom stereocenters. The monoisotopic (exact) mass is 337 g/mol. The molecule has 0 nitrogen and oxygen atoms in total. The van der Waals surface area contributed by atoms with Crippen molar-refractivity contribution in [1.29, 1.82) is 0 Å². The van der Waals surface area contributed by atoms with E-state index in [1.54, 1.807) is 0 Å². The van der Waals surface area contributed by atoms with Crippen LogP contribution in [0, 0.1) is 18.8 Å². The van der Waals surface area contributed by atoms with E-state index in [4.69, 9.17) is 19.4 Å². The maximum absolute atomic E-state index is 5.78. The molecule has 92 valence electrons. The molecule has 1 aliphatic carbocycles. The van der Waals surface area contributed by atoms with Gasteiger partial charge in [-0.3, -0.25) is 0 Å². The molecule has 3 heteroatoms. The van der Waals surface area contributed by atoms with Gasteiger partial charge in [0, 0.05) is 0 Å². The summed E-state index contributed by atoms with van der Waals surface area (Å²) in [4.78, 5) is 0. The maximum atomic E-state index is 5.78. The van der Waals surface area contributed by atoms with E-state index in [0.717, 1.165) is 6.42 Å². The van der Waals surface area contributed by atoms with Gasteiger partial charge in [-0.05, 0) is 0 Å². The van der Waals surface area contributed by atoms with E-state index >= 15 is 0 Å². The Morgan fingerprint density at radius 3 is 2.27 bits per heavy atom. The molecule has 0 aromatic rings. The van der Waals surface area contributed by atoms with Gasteiger partial charge < -0.3 is 6.92 Å². The first kappa shape index (κ1) is 15.8. The molecule has 0 heterocycles. The molecule has 1 saturated carbocycles. The van der Waals surface area contributed by atoms with Gasteiger partial charge in [0.05, 0.1) is 0 Å². The molecule has 0 aromatic carbocycles. The summed E-state index contributed by atoms with van der Waals surface area (Å²) in [5, 5.41) is 0. The molecular formula is C12H21Cl2Ru-. The summed E-state index contributed by atoms with van der Waals surface area (Å²) in [7, 11) is 11.6. The van der Waals surface area contributed by atoms with Gasteiger partial charge in [-0.15, -0.1) is 0 Å². The molecular weight excluding hydrogens is 316 g/mol. The van der Waals surface area contributed by atoms with Gasteiger partial charge in [0.15, 0.2) is 0 Å². The minimum absolute atomic E-state index is 0.673. The normalized spacial score (nSPS) is 25.2. The third-order valence-corrected chi connectivity index (χ3v) is 4.77. The Morgan fingerprint density at radius 2 is 1.93 bits per heavy atom. The minimum atomic E-state index is -1.51. The molecule has 1 rings (SSSR count). The standard InChI is InChI=1S/C8H12.C4H9.2ClH.Ru/c1-3-8-5-4-7(2)6-8;1-3-4-2;;;/h2-3,7-8H,1,4-6H2;1,3-4H2,2H3;2*1H;/q;-1;;;+2/p-2. The van der Waals surface area contributed by atoms with Crippen LogP contribution >= 0.6 is 19.4 Å². The van der Waals surface area contributed by atoms with Crippen molar-refractivity contribution in [2.24, 2.45) is 11.8 Å². The third kappa shape index (κ3) is 8.60. The molecule has 0 aliphatic heterocycles. The van der Waals surface area contributed by atoms with Gasteiger partial charge in [0.2, 0.25) is 0 Å². The van der Waals surface area contributed by atoms with Gasteiger partial charge in [-0.25, -0.2) is 0 Å². The quantitative estimate of drug-likeness (QED) is 0.389. The smallest absolute Gasteiger partial charge is 0.0678 e. The summed E-state index contributed by atoms with van der Waals surface area (Å²) in [6.07, 6.45) is 8.06. The van der Waals surface area contributed by atoms with E-state index in [1.807, 2.05) is 6.08 Å². The Bertz CT molecular complexity index is 196. The Labute approximate surface area is 108 Å². The summed E-state index contributed by atoms with van der Waals surface area (Å²) in [6, 6.07) is 0. The van der Waals surface area contributed by atoms with Crippen LogP contribution in [0.4, 0.5) is 0 Å². The average Bonchev–Trinajstić information content (AvgIpc) is 2.65. The molecule has 0 aromatic heterocycles. The zero-order valence-electron chi connectivity index (χ0n) is 9.37. The topological polar surface area (TPSA) is 0 Å². The summed E-state index contributed by atoms with van der Waals surface area (Å²) in [6.45, 7) is 9.51. The molecule has 1 fully saturated rings. The maximum Gasteiger partial charge on any atom is -0.0678 e. The summed E-state index contributed by atoms with van der Waals surface area (Å²) in [5.74, 6) is 1.38. The van der Waals surface area contributed by atoms with Gasteiger partial charge in [-0.1, -0.05) is 13.3 Å². The SMILES string of the molecule is C=CC1CCC([CH]=[Ru]([Cl])[Cl])C1.[CH2-]CCC. The van der Waals surface area contributed by atoms with E-state index in [0.29, 0.717) is 11.8 Å². The van der Waals surface area contributed by atoms with Crippen LogP contribution < -0.4 is 0 Å². The van der Waals surface area contributed by atoms with Crippen LogP contribution in [-0.4, -0.2) is 4.61 Å². The predicted molar refractivity (Wildman–Crippen MR) is 69.1 cm³/mol. The van der Waals surface area contributed by atoms with E-state index in [-0.39, 0.29) is 0 Å². The van der Waals surface area contributed by atoms with Crippen LogP contribution in [0.2, 0.25) is 0 Å². The first-order chi connectivity index (χ1) is 7.13. The molecule has 0 saturated heterocycles. The zero-order valence-corrected chi connectivity index (χ0v) is 12.6. The number of unbranched alkanes of at least 4 members (excludes halogenated alkanes) is 1. The molecule has 1 aliphatic rings. The Balaban J connectivity index is 0.000000423. The fourth-order valence-electron chi connectivity index (χ4n) is 1.50. The van der Waals surface area contributed by atoms with Crippen LogP contribution in [-0.2, 0) is 13.5 Å². The largest absolute Gasteiger partial charge is 0.343 e. The summed E-state index contributed by atoms with van der Waals surface area (Å²) >= 11 is -1.51. The average molecular weight is 337 g/mol. The molecule has 2 unspecified atom stereocenters. The van der Waals surface area contributed by atoms with E-state index in [9.17, 15) is 0 Å². The van der Waals surface area contributed by atoms with Crippen molar-refractivity contribution in [1.82, 2.24) is 0 Å². The summed E-state index contributed by atoms with van der Waals surface area (Å²) in [5.41, 5.74) is 0. The van der Waals surface area contributed by atoms with Crippen molar-refractivity contribution in [3.05, 3.63) is 19.6 Å². The van der Waals surface area contributed by atoms with Crippen LogP contribution in [0.25, 0.3) is 0 Å². The fourth-order valence-corrected chi connectivity index (χ4v) is 4.14. The minimum Gasteiger partial charge on any atom is -0.343 e. The first-order valence-electron chi connectivity index (χ1n) is 5.39. The van der Waals surface area contributed by atoms with Crippen molar-refractivity contribution in [2.75, 3.05) is 0 Å². The van der Waals surface area contributed by atoms with Crippen LogP contribution in [0.5, 0.6) is 0 Å². The molecule has 15 heavy (non-hydrogen) atoms. The summed E-state index contributed by atoms with van der Waals surface area (Å²) < 4.78 is 2.16. The second-order valence-corrected chi connectivity index (χ2v) is 9.55. The second-order valence-electron chi connectivity index (χ2n) is 3.75. The van der Waals surface area contributed by atoms with Gasteiger partial charge in [-0.2, -0.15) is 6.42 Å². The Hall–Kier alpha value is 0.813. The van der Waals surface area contributed by atoms with Crippen molar-refractivity contribution in [3.63, 3.8) is 0 Å². The molecule has 0 radical (unpaired) electrons. The fraction of sp³-hybridized carbons (Fsp3) is 0.667. The van der Waals surface area contributed by atoms with Crippen molar-refractivity contribution in [2.45, 2.75) is 39.0 Å². The Kier molecular flexibility index (Phi) is 10.5. The zero-order chi connectivity index (χ0) is 11.7. The molecule has 0 amide bonds. The van der Waals surface area contributed by atoms with E-state index < -0.39 is 13.5 Å². The molecule has 0 N–H and O–H groups in total. The second kappa shape index (κ2) is 10.00.